The van der Waals surface area contributed by atoms with Gasteiger partial charge in [-0.1, -0.05) is 19.1 Å². The molecule has 1 aromatic rings. The second-order valence-corrected chi connectivity index (χ2v) is 5.37. The molecule has 2 rings (SSSR count). The number of hydrogen-bond donors (Lipinski definition) is 1. The van der Waals surface area contributed by atoms with E-state index in [9.17, 15) is 9.59 Å². The highest BCUT2D eigenvalue weighted by atomic mass is 16.4. The first-order valence-corrected chi connectivity index (χ1v) is 7.42. The summed E-state index contributed by atoms with van der Waals surface area (Å²) in [4.78, 5) is 26.8. The number of carboxylic acid groups (broad SMARTS) is 1. The number of carbonyl (C=O) groups excluding carboxylic acids is 1. The third-order valence-corrected chi connectivity index (χ3v) is 3.85. The van der Waals surface area contributed by atoms with Crippen LogP contribution in [-0.4, -0.2) is 53.0 Å². The smallest absolute Gasteiger partial charge is 0.335 e. The summed E-state index contributed by atoms with van der Waals surface area (Å²) < 4.78 is 0. The second kappa shape index (κ2) is 7.22. The first kappa shape index (κ1) is 15.5. The zero-order valence-electron chi connectivity index (χ0n) is 12.4. The predicted molar refractivity (Wildman–Crippen MR) is 80.2 cm³/mol. The van der Waals surface area contributed by atoms with Gasteiger partial charge in [0.2, 0.25) is 5.91 Å². The molecule has 0 saturated carbocycles. The van der Waals surface area contributed by atoms with Gasteiger partial charge < -0.3 is 10.0 Å². The quantitative estimate of drug-likeness (QED) is 0.919. The van der Waals surface area contributed by atoms with Crippen LogP contribution < -0.4 is 0 Å². The van der Waals surface area contributed by atoms with Crippen molar-refractivity contribution in [1.29, 1.82) is 0 Å². The molecule has 0 radical (unpaired) electrons. The molecule has 0 unspecified atom stereocenters. The molecule has 1 aromatic carbocycles. The van der Waals surface area contributed by atoms with Crippen molar-refractivity contribution in [2.75, 3.05) is 26.2 Å². The molecule has 0 spiro atoms. The monoisotopic (exact) mass is 290 g/mol. The lowest BCUT2D eigenvalue weighted by Crippen LogP contribution is -2.34. The minimum absolute atomic E-state index is 0.225. The highest BCUT2D eigenvalue weighted by molar-refractivity contribution is 5.87. The summed E-state index contributed by atoms with van der Waals surface area (Å²) in [5, 5.41) is 8.89. The Hall–Kier alpha value is -1.88. The molecule has 1 heterocycles. The largest absolute Gasteiger partial charge is 0.478 e. The van der Waals surface area contributed by atoms with Crippen LogP contribution in [0.4, 0.5) is 0 Å². The fourth-order valence-corrected chi connectivity index (χ4v) is 2.61. The Balaban J connectivity index is 1.91. The van der Waals surface area contributed by atoms with E-state index in [1.807, 2.05) is 24.0 Å². The molecule has 1 aliphatic rings. The average molecular weight is 290 g/mol. The van der Waals surface area contributed by atoms with E-state index in [0.29, 0.717) is 12.0 Å². The molecular formula is C16H22N2O3. The van der Waals surface area contributed by atoms with E-state index in [1.54, 1.807) is 12.1 Å². The Bertz CT molecular complexity index is 499. The van der Waals surface area contributed by atoms with Crippen molar-refractivity contribution in [2.24, 2.45) is 0 Å². The summed E-state index contributed by atoms with van der Waals surface area (Å²) in [6.45, 7) is 6.14. The van der Waals surface area contributed by atoms with E-state index < -0.39 is 5.97 Å². The standard InChI is InChI=1S/C16H22N2O3/c1-2-15(19)18-9-3-8-17(10-11-18)12-13-4-6-14(7-5-13)16(20)21/h4-7H,2-3,8-12H2,1H3,(H,20,21). The molecule has 0 bridgehead atoms. The molecule has 0 aromatic heterocycles. The number of nitrogens with zero attached hydrogens (tertiary/aromatic N) is 2. The molecule has 21 heavy (non-hydrogen) atoms. The van der Waals surface area contributed by atoms with E-state index in [4.69, 9.17) is 5.11 Å². The van der Waals surface area contributed by atoms with Crippen LogP contribution in [0, 0.1) is 0 Å². The van der Waals surface area contributed by atoms with Crippen molar-refractivity contribution in [2.45, 2.75) is 26.3 Å². The Morgan fingerprint density at radius 1 is 1.10 bits per heavy atom. The molecule has 5 heteroatoms. The SMILES string of the molecule is CCC(=O)N1CCCN(Cc2ccc(C(=O)O)cc2)CC1. The van der Waals surface area contributed by atoms with Gasteiger partial charge in [0.25, 0.3) is 0 Å². The van der Waals surface area contributed by atoms with Crippen LogP contribution in [0.3, 0.4) is 0 Å². The zero-order valence-corrected chi connectivity index (χ0v) is 12.4. The first-order chi connectivity index (χ1) is 10.1. The molecule has 1 aliphatic heterocycles. The van der Waals surface area contributed by atoms with Crippen molar-refractivity contribution in [3.63, 3.8) is 0 Å². The summed E-state index contributed by atoms with van der Waals surface area (Å²) >= 11 is 0. The van der Waals surface area contributed by atoms with Gasteiger partial charge >= 0.3 is 5.97 Å². The van der Waals surface area contributed by atoms with Crippen LogP contribution in [0.15, 0.2) is 24.3 Å². The fourth-order valence-electron chi connectivity index (χ4n) is 2.61. The van der Waals surface area contributed by atoms with Crippen molar-refractivity contribution >= 4 is 11.9 Å². The van der Waals surface area contributed by atoms with Crippen molar-refractivity contribution in [1.82, 2.24) is 9.80 Å². The van der Waals surface area contributed by atoms with Crippen LogP contribution in [0.25, 0.3) is 0 Å². The highest BCUT2D eigenvalue weighted by Crippen LogP contribution is 2.11. The summed E-state index contributed by atoms with van der Waals surface area (Å²) in [6.07, 6.45) is 1.55. The third kappa shape index (κ3) is 4.29. The molecule has 5 nitrogen and oxygen atoms in total. The van der Waals surface area contributed by atoms with Crippen LogP contribution >= 0.6 is 0 Å². The number of benzene rings is 1. The van der Waals surface area contributed by atoms with E-state index >= 15 is 0 Å². The molecular weight excluding hydrogens is 268 g/mol. The number of aromatic carboxylic acids is 1. The lowest BCUT2D eigenvalue weighted by Gasteiger charge is -2.21. The Morgan fingerprint density at radius 2 is 1.81 bits per heavy atom. The molecule has 1 fully saturated rings. The summed E-state index contributed by atoms with van der Waals surface area (Å²) in [5.74, 6) is -0.673. The molecule has 114 valence electrons. The number of amides is 1. The van der Waals surface area contributed by atoms with Crippen molar-refractivity contribution in [3.8, 4) is 0 Å². The Morgan fingerprint density at radius 3 is 2.43 bits per heavy atom. The summed E-state index contributed by atoms with van der Waals surface area (Å²) in [6, 6.07) is 7.01. The molecule has 1 saturated heterocycles. The third-order valence-electron chi connectivity index (χ3n) is 3.85. The number of carbonyl (C=O) groups is 2. The normalized spacial score (nSPS) is 16.5. The molecule has 0 aliphatic carbocycles. The van der Waals surface area contributed by atoms with Crippen LogP contribution in [-0.2, 0) is 11.3 Å². The van der Waals surface area contributed by atoms with Gasteiger partial charge in [0.15, 0.2) is 0 Å². The number of rotatable bonds is 4. The number of hydrogen-bond acceptors (Lipinski definition) is 3. The molecule has 0 atom stereocenters. The van der Waals surface area contributed by atoms with Gasteiger partial charge in [-0.15, -0.1) is 0 Å². The maximum Gasteiger partial charge on any atom is 0.335 e. The van der Waals surface area contributed by atoms with Gasteiger partial charge in [0.1, 0.15) is 0 Å². The van der Waals surface area contributed by atoms with Gasteiger partial charge in [-0.25, -0.2) is 4.79 Å². The number of carboxylic acids is 1. The maximum atomic E-state index is 11.7. The van der Waals surface area contributed by atoms with Gasteiger partial charge in [0.05, 0.1) is 5.56 Å². The van der Waals surface area contributed by atoms with Gasteiger partial charge in [0, 0.05) is 39.1 Å². The van der Waals surface area contributed by atoms with Gasteiger partial charge in [-0.05, 0) is 24.1 Å². The minimum atomic E-state index is -0.898. The van der Waals surface area contributed by atoms with E-state index in [2.05, 4.69) is 4.90 Å². The summed E-state index contributed by atoms with van der Waals surface area (Å²) in [5.41, 5.74) is 1.42. The van der Waals surface area contributed by atoms with Gasteiger partial charge in [-0.2, -0.15) is 0 Å². The van der Waals surface area contributed by atoms with Crippen molar-refractivity contribution in [3.05, 3.63) is 35.4 Å². The summed E-state index contributed by atoms with van der Waals surface area (Å²) in [7, 11) is 0. The topological polar surface area (TPSA) is 60.9 Å². The van der Waals surface area contributed by atoms with Crippen LogP contribution in [0.1, 0.15) is 35.7 Å². The fraction of sp³-hybridized carbons (Fsp3) is 0.500. The zero-order chi connectivity index (χ0) is 15.2. The van der Waals surface area contributed by atoms with Crippen molar-refractivity contribution < 1.29 is 14.7 Å². The predicted octanol–water partition coefficient (Wildman–Crippen LogP) is 1.83. The minimum Gasteiger partial charge on any atom is -0.478 e. The van der Waals surface area contributed by atoms with Gasteiger partial charge in [-0.3, -0.25) is 9.69 Å². The average Bonchev–Trinajstić information content (AvgIpc) is 2.72. The second-order valence-electron chi connectivity index (χ2n) is 5.37. The van der Waals surface area contributed by atoms with Crippen LogP contribution in [0.2, 0.25) is 0 Å². The Labute approximate surface area is 125 Å². The molecule has 1 N–H and O–H groups in total. The molecule has 1 amide bonds. The van der Waals surface area contributed by atoms with Crippen LogP contribution in [0.5, 0.6) is 0 Å². The lowest BCUT2D eigenvalue weighted by atomic mass is 10.1. The van der Waals surface area contributed by atoms with E-state index in [0.717, 1.165) is 44.7 Å². The lowest BCUT2D eigenvalue weighted by molar-refractivity contribution is -0.130. The van der Waals surface area contributed by atoms with E-state index in [1.165, 1.54) is 0 Å². The maximum absolute atomic E-state index is 11.7. The first-order valence-electron chi connectivity index (χ1n) is 7.42. The highest BCUT2D eigenvalue weighted by Gasteiger charge is 2.17. The Kier molecular flexibility index (Phi) is 5.33. The van der Waals surface area contributed by atoms with E-state index in [-0.39, 0.29) is 5.91 Å².